The number of nitro groups is 1. The van der Waals surface area contributed by atoms with E-state index in [4.69, 9.17) is 10.4 Å². The van der Waals surface area contributed by atoms with Gasteiger partial charge in [-0.3, -0.25) is 29.4 Å². The number of fused-ring (bicyclic) bond motifs is 1. The van der Waals surface area contributed by atoms with Crippen LogP contribution in [0, 0.1) is 10.1 Å². The number of rotatable bonds is 8. The monoisotopic (exact) mass is 584 g/mol. The summed E-state index contributed by atoms with van der Waals surface area (Å²) in [5.41, 5.74) is 4.63. The number of nitrogens with one attached hydrogen (secondary N) is 2. The first-order chi connectivity index (χ1) is 19.9. The van der Waals surface area contributed by atoms with Crippen molar-refractivity contribution < 1.29 is 48.8 Å². The highest BCUT2D eigenvalue weighted by molar-refractivity contribution is 6.47. The van der Waals surface area contributed by atoms with Gasteiger partial charge in [0.15, 0.2) is 5.75 Å². The number of imide groups is 1. The predicted octanol–water partition coefficient (Wildman–Crippen LogP) is -1.48. The zero-order chi connectivity index (χ0) is 30.7. The average molecular weight is 584 g/mol. The number of carboxylic acids is 1. The van der Waals surface area contributed by atoms with E-state index in [0.717, 1.165) is 23.1 Å². The molecule has 0 radical (unpaired) electrons. The third-order valence-corrected chi connectivity index (χ3v) is 6.69. The van der Waals surface area contributed by atoms with E-state index in [-0.39, 0.29) is 49.5 Å². The second-order valence-corrected chi connectivity index (χ2v) is 9.35. The third kappa shape index (κ3) is 5.93. The summed E-state index contributed by atoms with van der Waals surface area (Å²) >= 11 is 0. The fraction of sp³-hybridized carbons (Fsp3) is 0.292. The van der Waals surface area contributed by atoms with Gasteiger partial charge in [-0.15, -0.1) is 0 Å². The van der Waals surface area contributed by atoms with Crippen LogP contribution in [0.4, 0.5) is 10.5 Å². The number of carbonyl (C=O) groups excluding carboxylic acids is 4. The maximum absolute atomic E-state index is 13.5. The van der Waals surface area contributed by atoms with Crippen molar-refractivity contribution in [2.45, 2.75) is 18.4 Å². The van der Waals surface area contributed by atoms with Crippen molar-refractivity contribution in [2.75, 3.05) is 26.2 Å². The number of hydrogen-bond acceptors (Lipinski definition) is 11. The number of benzene rings is 2. The van der Waals surface area contributed by atoms with Crippen LogP contribution in [-0.2, 0) is 20.8 Å². The molecule has 2 atom stereocenters. The molecule has 2 aliphatic rings. The summed E-state index contributed by atoms with van der Waals surface area (Å²) in [5, 5.41) is 46.0. The standard InChI is InChI=1S/C24H25BN6O11/c26-6-7-29-8-9-30(22(35)21(29)34)24(38)28-18(12-4-5-16(32)15(10-12)31(40)41)20(33)27-17-11-13-2-1-3-14(23(36)37)19(13)42-25(17)39/h1-5,10,17-18,32,39H,6-9,11,26H2,(H,27,33)(H,28,38)(H,36,37)/t17-,18+/m0/s1. The lowest BCUT2D eigenvalue weighted by Crippen LogP contribution is -2.60. The van der Waals surface area contributed by atoms with E-state index in [9.17, 15) is 49.3 Å². The Kier molecular flexibility index (Phi) is 8.58. The van der Waals surface area contributed by atoms with Gasteiger partial charge in [0.1, 0.15) is 11.8 Å². The second kappa shape index (κ2) is 12.1. The van der Waals surface area contributed by atoms with Gasteiger partial charge >= 0.3 is 36.6 Å². The smallest absolute Gasteiger partial charge is 0.534 e. The molecule has 17 nitrogen and oxygen atoms in total. The van der Waals surface area contributed by atoms with Crippen molar-refractivity contribution in [1.82, 2.24) is 20.4 Å². The molecule has 2 aliphatic heterocycles. The van der Waals surface area contributed by atoms with Crippen LogP contribution in [0.1, 0.15) is 27.5 Å². The van der Waals surface area contributed by atoms with Gasteiger partial charge in [0.25, 0.3) is 0 Å². The molecule has 42 heavy (non-hydrogen) atoms. The number of nitro benzene ring substituents is 1. The molecular weight excluding hydrogens is 559 g/mol. The maximum Gasteiger partial charge on any atom is 0.547 e. The summed E-state index contributed by atoms with van der Waals surface area (Å²) in [6, 6.07) is 4.28. The molecule has 1 fully saturated rings. The number of urea groups is 1. The Bertz CT molecular complexity index is 1470. The molecule has 2 heterocycles. The van der Waals surface area contributed by atoms with Crippen LogP contribution >= 0.6 is 0 Å². The summed E-state index contributed by atoms with van der Waals surface area (Å²) in [5.74, 6) is -6.42. The Morgan fingerprint density at radius 3 is 2.60 bits per heavy atom. The highest BCUT2D eigenvalue weighted by Gasteiger charge is 2.41. The van der Waals surface area contributed by atoms with Crippen molar-refractivity contribution in [2.24, 2.45) is 5.73 Å². The molecule has 0 saturated carbocycles. The number of nitrogens with zero attached hydrogens (tertiary/aromatic N) is 3. The van der Waals surface area contributed by atoms with Crippen molar-refractivity contribution in [3.8, 4) is 11.5 Å². The number of piperazine rings is 1. The summed E-state index contributed by atoms with van der Waals surface area (Å²) in [6.07, 6.45) is -0.0875. The van der Waals surface area contributed by atoms with Crippen LogP contribution in [0.25, 0.3) is 0 Å². The first-order valence-corrected chi connectivity index (χ1v) is 12.5. The molecule has 0 bridgehead atoms. The molecule has 0 spiro atoms. The van der Waals surface area contributed by atoms with E-state index in [1.165, 1.54) is 18.2 Å². The molecule has 0 aliphatic carbocycles. The Labute approximate surface area is 237 Å². The molecule has 2 aromatic rings. The minimum Gasteiger partial charge on any atom is -0.534 e. The number of hydrogen-bond donors (Lipinski definition) is 6. The lowest BCUT2D eigenvalue weighted by Gasteiger charge is -2.33. The zero-order valence-corrected chi connectivity index (χ0v) is 21.8. The van der Waals surface area contributed by atoms with Crippen LogP contribution in [0.2, 0.25) is 0 Å². The number of amides is 5. The molecule has 2 aromatic carbocycles. The minimum absolute atomic E-state index is 0.0138. The highest BCUT2D eigenvalue weighted by Crippen LogP contribution is 2.32. The molecule has 1 saturated heterocycles. The Morgan fingerprint density at radius 1 is 1.19 bits per heavy atom. The lowest BCUT2D eigenvalue weighted by atomic mass is 9.72. The number of carboxylic acid groups (broad SMARTS) is 1. The number of carbonyl (C=O) groups is 5. The lowest BCUT2D eigenvalue weighted by molar-refractivity contribution is -0.385. The fourth-order valence-corrected chi connectivity index (χ4v) is 4.59. The number of aromatic hydroxyl groups is 1. The van der Waals surface area contributed by atoms with Gasteiger partial charge in [-0.1, -0.05) is 18.2 Å². The van der Waals surface area contributed by atoms with Crippen LogP contribution in [0.15, 0.2) is 36.4 Å². The number of nitrogens with two attached hydrogens (primary N) is 1. The predicted molar refractivity (Wildman–Crippen MR) is 141 cm³/mol. The zero-order valence-electron chi connectivity index (χ0n) is 21.8. The topological polar surface area (TPSA) is 255 Å². The number of phenolic OH excluding ortho intramolecular Hbond substituents is 1. The molecule has 18 heteroatoms. The fourth-order valence-electron chi connectivity index (χ4n) is 4.59. The van der Waals surface area contributed by atoms with Gasteiger partial charge < -0.3 is 41.2 Å². The Hall–Kier alpha value is -5.23. The SMILES string of the molecule is NCCN1CCN(C(=O)N[C@@H](C(=O)N[C@H]2Cc3cccc(C(=O)O)c3OB2O)c2ccc(O)c([N+](=O)[O-])c2)C(=O)C1=O. The Balaban J connectivity index is 1.61. The van der Waals surface area contributed by atoms with Crippen LogP contribution in [0.3, 0.4) is 0 Å². The van der Waals surface area contributed by atoms with Crippen LogP contribution in [-0.4, -0.2) is 98.9 Å². The van der Waals surface area contributed by atoms with Gasteiger partial charge in [0.05, 0.1) is 16.4 Å². The van der Waals surface area contributed by atoms with Crippen molar-refractivity contribution >= 4 is 42.5 Å². The van der Waals surface area contributed by atoms with E-state index in [1.54, 1.807) is 0 Å². The molecule has 7 N–H and O–H groups in total. The van der Waals surface area contributed by atoms with E-state index in [0.29, 0.717) is 10.5 Å². The van der Waals surface area contributed by atoms with Gasteiger partial charge in [-0.05, 0) is 29.7 Å². The molecule has 0 unspecified atom stereocenters. The quantitative estimate of drug-likeness (QED) is 0.0899. The summed E-state index contributed by atoms with van der Waals surface area (Å²) in [7, 11) is -1.72. The Morgan fingerprint density at radius 2 is 1.93 bits per heavy atom. The number of aromatic carboxylic acids is 1. The first kappa shape index (κ1) is 29.8. The van der Waals surface area contributed by atoms with E-state index in [2.05, 4.69) is 10.6 Å². The van der Waals surface area contributed by atoms with E-state index in [1.807, 2.05) is 0 Å². The van der Waals surface area contributed by atoms with Gasteiger partial charge in [0, 0.05) is 32.2 Å². The van der Waals surface area contributed by atoms with Crippen molar-refractivity contribution in [3.63, 3.8) is 0 Å². The highest BCUT2D eigenvalue weighted by atomic mass is 16.6. The van der Waals surface area contributed by atoms with Crippen molar-refractivity contribution in [3.05, 3.63) is 63.2 Å². The molecule has 4 rings (SSSR count). The average Bonchev–Trinajstić information content (AvgIpc) is 2.94. The van der Waals surface area contributed by atoms with Gasteiger partial charge in [-0.25, -0.2) is 9.59 Å². The first-order valence-electron chi connectivity index (χ1n) is 12.5. The van der Waals surface area contributed by atoms with Gasteiger partial charge in [-0.2, -0.15) is 0 Å². The largest absolute Gasteiger partial charge is 0.547 e. The summed E-state index contributed by atoms with van der Waals surface area (Å²) < 4.78 is 5.37. The van der Waals surface area contributed by atoms with Crippen LogP contribution in [0.5, 0.6) is 11.5 Å². The molecule has 220 valence electrons. The molecule has 0 aromatic heterocycles. The number of phenols is 1. The van der Waals surface area contributed by atoms with Crippen LogP contribution < -0.4 is 21.0 Å². The van der Waals surface area contributed by atoms with E-state index < -0.39 is 65.2 Å². The normalized spacial score (nSPS) is 17.2. The van der Waals surface area contributed by atoms with Gasteiger partial charge in [0.2, 0.25) is 5.91 Å². The maximum atomic E-state index is 13.5. The summed E-state index contributed by atoms with van der Waals surface area (Å²) in [6.45, 7) is -0.0601. The summed E-state index contributed by atoms with van der Waals surface area (Å²) in [4.78, 5) is 75.4. The second-order valence-electron chi connectivity index (χ2n) is 9.35. The molecule has 5 amide bonds. The molecular formula is C24H25BN6O11. The minimum atomic E-state index is -1.72. The third-order valence-electron chi connectivity index (χ3n) is 6.69. The van der Waals surface area contributed by atoms with E-state index >= 15 is 0 Å². The van der Waals surface area contributed by atoms with Crippen molar-refractivity contribution in [1.29, 1.82) is 0 Å². The number of para-hydroxylation sites is 1.